The van der Waals surface area contributed by atoms with Gasteiger partial charge >= 0.3 is 6.09 Å². The molecule has 30 heavy (non-hydrogen) atoms. The number of nitrogens with one attached hydrogen (secondary N) is 1. The molecule has 2 heterocycles. The number of aromatic nitrogens is 1. The Morgan fingerprint density at radius 2 is 1.77 bits per heavy atom. The Kier molecular flexibility index (Phi) is 6.44. The van der Waals surface area contributed by atoms with Crippen molar-refractivity contribution < 1.29 is 14.3 Å². The molecule has 1 aromatic carbocycles. The Labute approximate surface area is 178 Å². The predicted octanol–water partition coefficient (Wildman–Crippen LogP) is 4.67. The van der Waals surface area contributed by atoms with E-state index in [0.717, 1.165) is 49.0 Å². The van der Waals surface area contributed by atoms with Crippen molar-refractivity contribution in [2.45, 2.75) is 59.1 Å². The highest BCUT2D eigenvalue weighted by Crippen LogP contribution is 2.35. The number of aryl methyl sites for hydroxylation is 2. The van der Waals surface area contributed by atoms with Gasteiger partial charge in [-0.2, -0.15) is 0 Å². The van der Waals surface area contributed by atoms with Crippen molar-refractivity contribution in [3.8, 4) is 11.1 Å². The molecule has 1 amide bonds. The van der Waals surface area contributed by atoms with Gasteiger partial charge < -0.3 is 15.0 Å². The molecule has 160 valence electrons. The van der Waals surface area contributed by atoms with Crippen LogP contribution in [0.25, 0.3) is 11.1 Å². The van der Waals surface area contributed by atoms with E-state index in [2.05, 4.69) is 47.2 Å². The van der Waals surface area contributed by atoms with Crippen LogP contribution >= 0.6 is 0 Å². The SMILES string of the molecule is Cc1cc(C)cc(-c2cncc(C=O)c2N2CCC(NC(=O)OC(C)(C)C)CC2)c1. The molecule has 1 aliphatic rings. The monoisotopic (exact) mass is 409 g/mol. The summed E-state index contributed by atoms with van der Waals surface area (Å²) in [4.78, 5) is 30.4. The average Bonchev–Trinajstić information content (AvgIpc) is 2.65. The van der Waals surface area contributed by atoms with Gasteiger partial charge in [-0.3, -0.25) is 9.78 Å². The van der Waals surface area contributed by atoms with Gasteiger partial charge in [0.1, 0.15) is 5.60 Å². The molecule has 1 N–H and O–H groups in total. The number of hydrogen-bond acceptors (Lipinski definition) is 5. The number of piperidine rings is 1. The first kappa shape index (κ1) is 21.8. The molecule has 1 saturated heterocycles. The summed E-state index contributed by atoms with van der Waals surface area (Å²) in [7, 11) is 0. The maximum atomic E-state index is 12.1. The minimum atomic E-state index is -0.512. The molecule has 0 saturated carbocycles. The van der Waals surface area contributed by atoms with E-state index < -0.39 is 5.60 Å². The second-order valence-corrected chi connectivity index (χ2v) is 9.03. The Morgan fingerprint density at radius 3 is 2.33 bits per heavy atom. The topological polar surface area (TPSA) is 71.5 Å². The Hall–Kier alpha value is -2.89. The predicted molar refractivity (Wildman–Crippen MR) is 119 cm³/mol. The summed E-state index contributed by atoms with van der Waals surface area (Å²) in [5.41, 5.74) is 5.37. The average molecular weight is 410 g/mol. The van der Waals surface area contributed by atoms with Crippen LogP contribution in [0.15, 0.2) is 30.6 Å². The van der Waals surface area contributed by atoms with Crippen LogP contribution in [0.1, 0.15) is 55.1 Å². The van der Waals surface area contributed by atoms with Crippen LogP contribution in [-0.4, -0.2) is 42.1 Å². The van der Waals surface area contributed by atoms with E-state index in [-0.39, 0.29) is 12.1 Å². The maximum Gasteiger partial charge on any atom is 0.407 e. The number of amides is 1. The third kappa shape index (κ3) is 5.38. The fraction of sp³-hybridized carbons (Fsp3) is 0.458. The molecule has 3 rings (SSSR count). The quantitative estimate of drug-likeness (QED) is 0.743. The van der Waals surface area contributed by atoms with Crippen LogP contribution < -0.4 is 10.2 Å². The zero-order chi connectivity index (χ0) is 21.9. The first-order valence-electron chi connectivity index (χ1n) is 10.4. The van der Waals surface area contributed by atoms with Crippen LogP contribution in [-0.2, 0) is 4.74 Å². The standard InChI is InChI=1S/C24H31N3O3/c1-16-10-17(2)12-18(11-16)21-14-25-13-19(15-28)22(21)27-8-6-20(7-9-27)26-23(29)30-24(3,4)5/h10-15,20H,6-9H2,1-5H3,(H,26,29). The summed E-state index contributed by atoms with van der Waals surface area (Å²) in [6, 6.07) is 6.44. The maximum absolute atomic E-state index is 12.1. The molecule has 0 radical (unpaired) electrons. The molecule has 0 unspecified atom stereocenters. The number of ether oxygens (including phenoxy) is 1. The smallest absolute Gasteiger partial charge is 0.407 e. The molecular formula is C24H31N3O3. The normalized spacial score (nSPS) is 15.0. The van der Waals surface area contributed by atoms with Crippen molar-refractivity contribution in [2.24, 2.45) is 0 Å². The van der Waals surface area contributed by atoms with E-state index in [0.29, 0.717) is 5.56 Å². The summed E-state index contributed by atoms with van der Waals surface area (Å²) in [5.74, 6) is 0. The van der Waals surface area contributed by atoms with Crippen LogP contribution in [0.3, 0.4) is 0 Å². The Balaban J connectivity index is 1.80. The number of anilines is 1. The Morgan fingerprint density at radius 1 is 1.13 bits per heavy atom. The minimum absolute atomic E-state index is 0.0577. The summed E-state index contributed by atoms with van der Waals surface area (Å²) in [5, 5.41) is 2.97. The van der Waals surface area contributed by atoms with Crippen LogP contribution in [0.5, 0.6) is 0 Å². The van der Waals surface area contributed by atoms with E-state index in [1.807, 2.05) is 27.0 Å². The zero-order valence-electron chi connectivity index (χ0n) is 18.5. The summed E-state index contributed by atoms with van der Waals surface area (Å²) in [6.07, 6.45) is 5.52. The van der Waals surface area contributed by atoms with Crippen molar-refractivity contribution >= 4 is 18.1 Å². The first-order chi connectivity index (χ1) is 14.2. The van der Waals surface area contributed by atoms with Crippen molar-refractivity contribution in [3.63, 3.8) is 0 Å². The van der Waals surface area contributed by atoms with E-state index in [9.17, 15) is 9.59 Å². The van der Waals surface area contributed by atoms with Crippen LogP contribution in [0.2, 0.25) is 0 Å². The van der Waals surface area contributed by atoms with Gasteiger partial charge in [0, 0.05) is 37.1 Å². The molecule has 1 fully saturated rings. The number of hydrogen-bond donors (Lipinski definition) is 1. The van der Waals surface area contributed by atoms with Gasteiger partial charge in [0.25, 0.3) is 0 Å². The van der Waals surface area contributed by atoms with Crippen LogP contribution in [0.4, 0.5) is 10.5 Å². The molecular weight excluding hydrogens is 378 g/mol. The third-order valence-corrected chi connectivity index (χ3v) is 5.14. The van der Waals surface area contributed by atoms with Gasteiger partial charge in [-0.25, -0.2) is 4.79 Å². The number of benzene rings is 1. The molecule has 0 aliphatic carbocycles. The van der Waals surface area contributed by atoms with Gasteiger partial charge in [-0.15, -0.1) is 0 Å². The van der Waals surface area contributed by atoms with Gasteiger partial charge in [0.2, 0.25) is 0 Å². The van der Waals surface area contributed by atoms with E-state index in [1.54, 1.807) is 6.20 Å². The lowest BCUT2D eigenvalue weighted by Crippen LogP contribution is -2.46. The van der Waals surface area contributed by atoms with Crippen molar-refractivity contribution in [2.75, 3.05) is 18.0 Å². The molecule has 1 aliphatic heterocycles. The second kappa shape index (κ2) is 8.86. The molecule has 0 atom stereocenters. The number of carbonyl (C=O) groups excluding carboxylic acids is 2. The van der Waals surface area contributed by atoms with Crippen LogP contribution in [0, 0.1) is 13.8 Å². The summed E-state index contributed by atoms with van der Waals surface area (Å²) < 4.78 is 5.37. The van der Waals surface area contributed by atoms with Crippen molar-refractivity contribution in [1.29, 1.82) is 0 Å². The largest absolute Gasteiger partial charge is 0.444 e. The summed E-state index contributed by atoms with van der Waals surface area (Å²) >= 11 is 0. The fourth-order valence-corrected chi connectivity index (χ4v) is 3.97. The molecule has 0 spiro atoms. The van der Waals surface area contributed by atoms with Gasteiger partial charge in [0.15, 0.2) is 6.29 Å². The van der Waals surface area contributed by atoms with E-state index in [4.69, 9.17) is 4.74 Å². The lowest BCUT2D eigenvalue weighted by molar-refractivity contribution is 0.0497. The molecule has 0 bridgehead atoms. The number of alkyl carbamates (subject to hydrolysis) is 1. The second-order valence-electron chi connectivity index (χ2n) is 9.03. The number of aldehydes is 1. The number of pyridine rings is 1. The lowest BCUT2D eigenvalue weighted by Gasteiger charge is -2.36. The molecule has 6 heteroatoms. The van der Waals surface area contributed by atoms with Crippen molar-refractivity contribution in [3.05, 3.63) is 47.3 Å². The summed E-state index contributed by atoms with van der Waals surface area (Å²) in [6.45, 7) is 11.2. The zero-order valence-corrected chi connectivity index (χ0v) is 18.5. The number of nitrogens with zero attached hydrogens (tertiary/aromatic N) is 2. The highest BCUT2D eigenvalue weighted by Gasteiger charge is 2.26. The number of carbonyl (C=O) groups is 2. The van der Waals surface area contributed by atoms with Gasteiger partial charge in [-0.1, -0.05) is 29.3 Å². The fourth-order valence-electron chi connectivity index (χ4n) is 3.97. The minimum Gasteiger partial charge on any atom is -0.444 e. The van der Waals surface area contributed by atoms with E-state index in [1.165, 1.54) is 11.1 Å². The lowest BCUT2D eigenvalue weighted by atomic mass is 9.96. The third-order valence-electron chi connectivity index (χ3n) is 5.14. The van der Waals surface area contributed by atoms with E-state index >= 15 is 0 Å². The molecule has 2 aromatic rings. The molecule has 6 nitrogen and oxygen atoms in total. The van der Waals surface area contributed by atoms with Crippen molar-refractivity contribution in [1.82, 2.24) is 10.3 Å². The molecule has 1 aromatic heterocycles. The highest BCUT2D eigenvalue weighted by atomic mass is 16.6. The highest BCUT2D eigenvalue weighted by molar-refractivity contribution is 5.92. The first-order valence-corrected chi connectivity index (χ1v) is 10.4. The van der Waals surface area contributed by atoms with Gasteiger partial charge in [0.05, 0.1) is 11.3 Å². The Bertz CT molecular complexity index is 906. The van der Waals surface area contributed by atoms with Gasteiger partial charge in [-0.05, 0) is 53.0 Å². The number of rotatable bonds is 4.